The van der Waals surface area contributed by atoms with E-state index in [1.54, 1.807) is 42.5 Å². The Morgan fingerprint density at radius 3 is 2.48 bits per heavy atom. The first-order chi connectivity index (χ1) is 16.0. The summed E-state index contributed by atoms with van der Waals surface area (Å²) in [5.74, 6) is -0.0428. The molecule has 0 aliphatic rings. The van der Waals surface area contributed by atoms with Gasteiger partial charge in [0.15, 0.2) is 0 Å². The Balaban J connectivity index is 1.49. The first-order valence-corrected chi connectivity index (χ1v) is 10.9. The molecule has 4 nitrogen and oxygen atoms in total. The van der Waals surface area contributed by atoms with Gasteiger partial charge in [-0.3, -0.25) is 4.79 Å². The molecule has 33 heavy (non-hydrogen) atoms. The molecule has 0 unspecified atom stereocenters. The van der Waals surface area contributed by atoms with Crippen LogP contribution in [0.5, 0.6) is 5.75 Å². The first-order valence-electron chi connectivity index (χ1n) is 10.1. The average molecular weight is 473 g/mol. The monoisotopic (exact) mass is 472 g/mol. The summed E-state index contributed by atoms with van der Waals surface area (Å²) < 4.78 is 5.95. The van der Waals surface area contributed by atoms with E-state index in [4.69, 9.17) is 27.9 Å². The van der Waals surface area contributed by atoms with Gasteiger partial charge in [0.05, 0.1) is 15.7 Å². The van der Waals surface area contributed by atoms with E-state index in [1.807, 2.05) is 30.3 Å². The predicted octanol–water partition coefficient (Wildman–Crippen LogP) is 7.27. The standard InChI is InChI=1S/C27H18Cl2N2O2/c28-23-10-3-4-11-25(23)31-27(32)21(16-30)14-18-12-13-26(24(29)15-18)33-17-20-8-5-7-19-6-1-2-9-22(19)20/h1-15H,17H2,(H,31,32)/b21-14+. The maximum absolute atomic E-state index is 12.5. The molecule has 0 aromatic heterocycles. The molecule has 0 spiro atoms. The van der Waals surface area contributed by atoms with Gasteiger partial charge in [-0.1, -0.05) is 83.9 Å². The Bertz CT molecular complexity index is 1400. The average Bonchev–Trinajstić information content (AvgIpc) is 2.83. The summed E-state index contributed by atoms with van der Waals surface area (Å²) in [7, 11) is 0. The van der Waals surface area contributed by atoms with Crippen LogP contribution < -0.4 is 10.1 Å². The fourth-order valence-electron chi connectivity index (χ4n) is 3.37. The fraction of sp³-hybridized carbons (Fsp3) is 0.0370. The summed E-state index contributed by atoms with van der Waals surface area (Å²) in [6.07, 6.45) is 1.46. The summed E-state index contributed by atoms with van der Waals surface area (Å²) in [4.78, 5) is 12.5. The maximum Gasteiger partial charge on any atom is 0.266 e. The highest BCUT2D eigenvalue weighted by molar-refractivity contribution is 6.34. The van der Waals surface area contributed by atoms with E-state index >= 15 is 0 Å². The first kappa shape index (κ1) is 22.4. The van der Waals surface area contributed by atoms with Crippen LogP contribution in [0.1, 0.15) is 11.1 Å². The number of benzene rings is 4. The van der Waals surface area contributed by atoms with Crippen LogP contribution in [0.15, 0.2) is 90.5 Å². The molecule has 0 saturated carbocycles. The zero-order valence-electron chi connectivity index (χ0n) is 17.4. The lowest BCUT2D eigenvalue weighted by atomic mass is 10.1. The molecule has 0 aliphatic carbocycles. The molecular weight excluding hydrogens is 455 g/mol. The fourth-order valence-corrected chi connectivity index (χ4v) is 3.79. The molecule has 4 rings (SSSR count). The van der Waals surface area contributed by atoms with Gasteiger partial charge < -0.3 is 10.1 Å². The highest BCUT2D eigenvalue weighted by Crippen LogP contribution is 2.29. The molecule has 0 radical (unpaired) electrons. The van der Waals surface area contributed by atoms with Crippen LogP contribution in [0.2, 0.25) is 10.0 Å². The lowest BCUT2D eigenvalue weighted by Crippen LogP contribution is -2.13. The Morgan fingerprint density at radius 2 is 1.70 bits per heavy atom. The van der Waals surface area contributed by atoms with Crippen LogP contribution >= 0.6 is 23.2 Å². The third-order valence-corrected chi connectivity index (χ3v) is 5.64. The second-order valence-electron chi connectivity index (χ2n) is 7.22. The quantitative estimate of drug-likeness (QED) is 0.237. The lowest BCUT2D eigenvalue weighted by molar-refractivity contribution is -0.112. The number of hydrogen-bond acceptors (Lipinski definition) is 3. The minimum absolute atomic E-state index is 0.0737. The molecule has 162 valence electrons. The third-order valence-electron chi connectivity index (χ3n) is 5.02. The Labute approximate surface area is 201 Å². The SMILES string of the molecule is N#C/C(=C\c1ccc(OCc2cccc3ccccc23)c(Cl)c1)C(=O)Nc1ccccc1Cl. The number of ether oxygens (including phenoxy) is 1. The number of nitrogens with one attached hydrogen (secondary N) is 1. The van der Waals surface area contributed by atoms with Crippen molar-refractivity contribution in [1.82, 2.24) is 0 Å². The number of halogens is 2. The van der Waals surface area contributed by atoms with E-state index in [9.17, 15) is 10.1 Å². The van der Waals surface area contributed by atoms with Crippen molar-refractivity contribution in [1.29, 1.82) is 5.26 Å². The van der Waals surface area contributed by atoms with Crippen molar-refractivity contribution < 1.29 is 9.53 Å². The number of nitrogens with zero attached hydrogens (tertiary/aromatic N) is 1. The van der Waals surface area contributed by atoms with Gasteiger partial charge in [0.25, 0.3) is 5.91 Å². The molecule has 0 heterocycles. The van der Waals surface area contributed by atoms with Crippen LogP contribution in [0, 0.1) is 11.3 Å². The molecule has 0 fully saturated rings. The van der Waals surface area contributed by atoms with Crippen LogP contribution in [0.4, 0.5) is 5.69 Å². The summed E-state index contributed by atoms with van der Waals surface area (Å²) in [5.41, 5.74) is 2.01. The molecule has 1 N–H and O–H groups in total. The van der Waals surface area contributed by atoms with E-state index in [0.717, 1.165) is 16.3 Å². The Kier molecular flexibility index (Phi) is 6.95. The molecule has 0 saturated heterocycles. The van der Waals surface area contributed by atoms with Gasteiger partial charge in [0, 0.05) is 0 Å². The van der Waals surface area contributed by atoms with Crippen molar-refractivity contribution in [3.05, 3.63) is 112 Å². The minimum Gasteiger partial charge on any atom is -0.487 e. The number of carbonyl (C=O) groups is 1. The van der Waals surface area contributed by atoms with Crippen LogP contribution in [-0.2, 0) is 11.4 Å². The molecule has 0 aliphatic heterocycles. The summed E-state index contributed by atoms with van der Waals surface area (Å²) >= 11 is 12.5. The molecule has 0 bridgehead atoms. The third kappa shape index (κ3) is 5.35. The second kappa shape index (κ2) is 10.2. The van der Waals surface area contributed by atoms with E-state index in [-0.39, 0.29) is 5.57 Å². The van der Waals surface area contributed by atoms with E-state index in [1.165, 1.54) is 6.08 Å². The number of carbonyl (C=O) groups excluding carboxylic acids is 1. The van der Waals surface area contributed by atoms with Gasteiger partial charge in [-0.15, -0.1) is 0 Å². The van der Waals surface area contributed by atoms with Crippen LogP contribution in [0.3, 0.4) is 0 Å². The second-order valence-corrected chi connectivity index (χ2v) is 8.03. The lowest BCUT2D eigenvalue weighted by Gasteiger charge is -2.11. The number of amides is 1. The molecule has 0 atom stereocenters. The predicted molar refractivity (Wildman–Crippen MR) is 133 cm³/mol. The van der Waals surface area contributed by atoms with Gasteiger partial charge >= 0.3 is 0 Å². The van der Waals surface area contributed by atoms with Crippen molar-refractivity contribution in [2.75, 3.05) is 5.32 Å². The van der Waals surface area contributed by atoms with Crippen LogP contribution in [0.25, 0.3) is 16.8 Å². The van der Waals surface area contributed by atoms with Crippen molar-refractivity contribution in [2.45, 2.75) is 6.61 Å². The topological polar surface area (TPSA) is 62.1 Å². The number of nitriles is 1. The zero-order valence-corrected chi connectivity index (χ0v) is 18.9. The van der Waals surface area contributed by atoms with Gasteiger partial charge in [-0.2, -0.15) is 5.26 Å². The Hall–Kier alpha value is -3.78. The number of hydrogen-bond donors (Lipinski definition) is 1. The van der Waals surface area contributed by atoms with Crippen molar-refractivity contribution in [3.8, 4) is 11.8 Å². The van der Waals surface area contributed by atoms with Crippen molar-refractivity contribution in [2.24, 2.45) is 0 Å². The van der Waals surface area contributed by atoms with Gasteiger partial charge in [0.1, 0.15) is 24.0 Å². The highest BCUT2D eigenvalue weighted by Gasteiger charge is 2.12. The normalized spacial score (nSPS) is 11.1. The van der Waals surface area contributed by atoms with Crippen LogP contribution in [-0.4, -0.2) is 5.91 Å². The highest BCUT2D eigenvalue weighted by atomic mass is 35.5. The smallest absolute Gasteiger partial charge is 0.266 e. The molecule has 6 heteroatoms. The van der Waals surface area contributed by atoms with Gasteiger partial charge in [-0.05, 0) is 52.2 Å². The van der Waals surface area contributed by atoms with E-state index < -0.39 is 5.91 Å². The molecular formula is C27H18Cl2N2O2. The zero-order chi connectivity index (χ0) is 23.2. The van der Waals surface area contributed by atoms with Crippen molar-refractivity contribution >= 4 is 51.6 Å². The summed E-state index contributed by atoms with van der Waals surface area (Å²) in [6.45, 7) is 0.361. The number of para-hydroxylation sites is 1. The molecule has 4 aromatic carbocycles. The number of fused-ring (bicyclic) bond motifs is 1. The maximum atomic E-state index is 12.5. The summed E-state index contributed by atoms with van der Waals surface area (Å²) in [5, 5.41) is 15.1. The number of anilines is 1. The van der Waals surface area contributed by atoms with E-state index in [0.29, 0.717) is 33.7 Å². The van der Waals surface area contributed by atoms with Gasteiger partial charge in [-0.25, -0.2) is 0 Å². The summed E-state index contributed by atoms with van der Waals surface area (Å²) in [6, 6.07) is 28.0. The van der Waals surface area contributed by atoms with Crippen molar-refractivity contribution in [3.63, 3.8) is 0 Å². The minimum atomic E-state index is -0.557. The van der Waals surface area contributed by atoms with E-state index in [2.05, 4.69) is 23.5 Å². The Morgan fingerprint density at radius 1 is 0.939 bits per heavy atom. The largest absolute Gasteiger partial charge is 0.487 e. The van der Waals surface area contributed by atoms with Gasteiger partial charge in [0.2, 0.25) is 0 Å². The molecule has 4 aromatic rings. The number of rotatable bonds is 6. The molecule has 1 amide bonds.